The van der Waals surface area contributed by atoms with Crippen LogP contribution in [0.5, 0.6) is 5.75 Å². The zero-order valence-electron chi connectivity index (χ0n) is 14.7. The second-order valence-electron chi connectivity index (χ2n) is 6.98. The van der Waals surface area contributed by atoms with Crippen molar-refractivity contribution in [3.05, 3.63) is 23.5 Å². The largest absolute Gasteiger partial charge is 0.493 e. The number of rotatable bonds is 3. The third kappa shape index (κ3) is 6.29. The fourth-order valence-electron chi connectivity index (χ4n) is 2.55. The smallest absolute Gasteiger partial charge is 0.410 e. The molecule has 1 fully saturated rings. The van der Waals surface area contributed by atoms with Gasteiger partial charge in [-0.15, -0.1) is 0 Å². The Kier molecular flexibility index (Phi) is 6.74. The maximum atomic E-state index is 12.0. The van der Waals surface area contributed by atoms with E-state index in [1.54, 1.807) is 4.90 Å². The van der Waals surface area contributed by atoms with Crippen molar-refractivity contribution in [1.82, 2.24) is 9.88 Å². The Labute approximate surface area is 145 Å². The number of pyridine rings is 1. The van der Waals surface area contributed by atoms with Gasteiger partial charge in [0.05, 0.1) is 6.61 Å². The third-order valence-corrected chi connectivity index (χ3v) is 3.48. The number of ether oxygens (including phenoxy) is 2. The van der Waals surface area contributed by atoms with E-state index in [4.69, 9.17) is 9.47 Å². The number of aromatic nitrogens is 1. The number of hydrogen-bond donors (Lipinski definition) is 0. The van der Waals surface area contributed by atoms with Crippen LogP contribution in [0.1, 0.15) is 38.6 Å². The van der Waals surface area contributed by atoms with Gasteiger partial charge in [-0.25, -0.2) is 4.79 Å². The van der Waals surface area contributed by atoms with Gasteiger partial charge >= 0.3 is 6.09 Å². The summed E-state index contributed by atoms with van der Waals surface area (Å²) in [5, 5.41) is 0. The summed E-state index contributed by atoms with van der Waals surface area (Å²) >= 11 is 0. The first-order valence-electron chi connectivity index (χ1n) is 7.79. The van der Waals surface area contributed by atoms with Gasteiger partial charge in [0.1, 0.15) is 11.4 Å². The molecule has 0 aromatic carbocycles. The third-order valence-electron chi connectivity index (χ3n) is 3.48. The number of amides is 1. The van der Waals surface area contributed by atoms with Crippen LogP contribution in [0.3, 0.4) is 0 Å². The van der Waals surface area contributed by atoms with Gasteiger partial charge in [-0.3, -0.25) is 4.98 Å². The van der Waals surface area contributed by atoms with Crippen molar-refractivity contribution in [2.45, 2.75) is 46.6 Å². The van der Waals surface area contributed by atoms with Gasteiger partial charge in [0, 0.05) is 42.5 Å². The Morgan fingerprint density at radius 1 is 1.30 bits per heavy atom. The maximum Gasteiger partial charge on any atom is 0.410 e. The summed E-state index contributed by atoms with van der Waals surface area (Å²) in [5.41, 5.74) is 1.46. The molecule has 0 radical (unpaired) electrons. The molecule has 2 rings (SSSR count). The second-order valence-corrected chi connectivity index (χ2v) is 6.98. The molecule has 2 heterocycles. The monoisotopic (exact) mass is 340 g/mol. The number of carbonyl (C=O) groups excluding carboxylic acids is 1. The van der Waals surface area contributed by atoms with Crippen LogP contribution in [0.4, 0.5) is 4.79 Å². The van der Waals surface area contributed by atoms with E-state index in [1.165, 1.54) is 0 Å². The second kappa shape index (κ2) is 7.90. The number of hydrogen-bond acceptors (Lipinski definition) is 4. The summed E-state index contributed by atoms with van der Waals surface area (Å²) < 4.78 is 11.3. The van der Waals surface area contributed by atoms with Crippen LogP contribution in [0.2, 0.25) is 0 Å². The van der Waals surface area contributed by atoms with Crippen LogP contribution in [-0.2, 0) is 4.74 Å². The minimum atomic E-state index is -0.447. The summed E-state index contributed by atoms with van der Waals surface area (Å²) in [5.74, 6) is 1.20. The molecule has 23 heavy (non-hydrogen) atoms. The molecular weight excluding hydrogens is 312 g/mol. The van der Waals surface area contributed by atoms with Gasteiger partial charge < -0.3 is 14.4 Å². The van der Waals surface area contributed by atoms with Crippen molar-refractivity contribution in [2.24, 2.45) is 5.92 Å². The van der Waals surface area contributed by atoms with E-state index < -0.39 is 5.60 Å². The van der Waals surface area contributed by atoms with Crippen molar-refractivity contribution in [3.8, 4) is 5.75 Å². The predicted octanol–water partition coefficient (Wildman–Crippen LogP) is 3.45. The number of carbonyl (C=O) groups is 1. The van der Waals surface area contributed by atoms with Crippen LogP contribution < -0.4 is 4.74 Å². The average molecular weight is 340 g/mol. The van der Waals surface area contributed by atoms with Gasteiger partial charge in [-0.2, -0.15) is 13.5 Å². The van der Waals surface area contributed by atoms with E-state index in [-0.39, 0.29) is 19.6 Å². The molecule has 1 aliphatic heterocycles. The normalized spacial score (nSPS) is 17.6. The van der Waals surface area contributed by atoms with Crippen molar-refractivity contribution in [3.63, 3.8) is 0 Å². The van der Waals surface area contributed by atoms with E-state index >= 15 is 0 Å². The number of nitrogens with zero attached hydrogens (tertiary/aromatic N) is 2. The van der Waals surface area contributed by atoms with Crippen LogP contribution in [0.15, 0.2) is 12.1 Å². The fraction of sp³-hybridized carbons (Fsp3) is 0.647. The van der Waals surface area contributed by atoms with Crippen molar-refractivity contribution in [1.29, 1.82) is 0 Å². The van der Waals surface area contributed by atoms with Crippen LogP contribution in [-0.4, -0.2) is 41.3 Å². The molecular formula is C17H28N2O3S. The zero-order chi connectivity index (χ0) is 16.3. The SMILES string of the molecule is Cc1cc(OC[C@H]2CCN(C(=O)OC(C)(C)C)C2)cc(C)n1.S. The highest BCUT2D eigenvalue weighted by molar-refractivity contribution is 7.59. The Balaban J connectivity index is 0.00000264. The molecule has 1 aromatic heterocycles. The lowest BCUT2D eigenvalue weighted by molar-refractivity contribution is 0.0285. The highest BCUT2D eigenvalue weighted by Crippen LogP contribution is 2.21. The van der Waals surface area contributed by atoms with Crippen molar-refractivity contribution < 1.29 is 14.3 Å². The molecule has 6 heteroatoms. The number of aryl methyl sites for hydroxylation is 2. The Hall–Kier alpha value is -1.43. The summed E-state index contributed by atoms with van der Waals surface area (Å²) in [4.78, 5) is 18.1. The summed E-state index contributed by atoms with van der Waals surface area (Å²) in [6.45, 7) is 11.6. The van der Waals surface area contributed by atoms with Crippen molar-refractivity contribution in [2.75, 3.05) is 19.7 Å². The highest BCUT2D eigenvalue weighted by Gasteiger charge is 2.30. The standard InChI is InChI=1S/C17H26N2O3.H2S/c1-12-8-15(9-13(2)18-12)21-11-14-6-7-19(10-14)16(20)22-17(3,4)5;/h8-9,14H,6-7,10-11H2,1-5H3;1H2/t14-;/m0./s1. The predicted molar refractivity (Wildman–Crippen MR) is 95.5 cm³/mol. The molecule has 1 aromatic rings. The zero-order valence-corrected chi connectivity index (χ0v) is 15.7. The summed E-state index contributed by atoms with van der Waals surface area (Å²) in [6, 6.07) is 3.88. The van der Waals surface area contributed by atoms with E-state index in [9.17, 15) is 4.79 Å². The maximum absolute atomic E-state index is 12.0. The Morgan fingerprint density at radius 2 is 1.91 bits per heavy atom. The van der Waals surface area contributed by atoms with E-state index in [1.807, 2.05) is 46.8 Å². The summed E-state index contributed by atoms with van der Waals surface area (Å²) in [7, 11) is 0. The molecule has 0 saturated carbocycles. The molecule has 0 spiro atoms. The molecule has 0 N–H and O–H groups in total. The Bertz CT molecular complexity index is 523. The average Bonchev–Trinajstić information content (AvgIpc) is 2.82. The molecule has 0 bridgehead atoms. The van der Waals surface area contributed by atoms with Gasteiger partial charge in [-0.05, 0) is 41.0 Å². The quantitative estimate of drug-likeness (QED) is 0.846. The van der Waals surface area contributed by atoms with Crippen LogP contribution in [0, 0.1) is 19.8 Å². The first kappa shape index (κ1) is 19.6. The Morgan fingerprint density at radius 3 is 2.48 bits per heavy atom. The lowest BCUT2D eigenvalue weighted by atomic mass is 10.1. The van der Waals surface area contributed by atoms with Gasteiger partial charge in [0.25, 0.3) is 0 Å². The van der Waals surface area contributed by atoms with Gasteiger partial charge in [-0.1, -0.05) is 0 Å². The molecule has 0 unspecified atom stereocenters. The highest BCUT2D eigenvalue weighted by atomic mass is 32.1. The lowest BCUT2D eigenvalue weighted by Crippen LogP contribution is -2.35. The minimum Gasteiger partial charge on any atom is -0.493 e. The van der Waals surface area contributed by atoms with Crippen molar-refractivity contribution >= 4 is 19.6 Å². The molecule has 1 amide bonds. The van der Waals surface area contributed by atoms with Crippen LogP contribution in [0.25, 0.3) is 0 Å². The molecule has 1 atom stereocenters. The topological polar surface area (TPSA) is 51.7 Å². The molecule has 1 saturated heterocycles. The molecule has 1 aliphatic rings. The molecule has 5 nitrogen and oxygen atoms in total. The summed E-state index contributed by atoms with van der Waals surface area (Å²) in [6.07, 6.45) is 0.716. The van der Waals surface area contributed by atoms with E-state index in [0.29, 0.717) is 19.1 Å². The fourth-order valence-corrected chi connectivity index (χ4v) is 2.55. The molecule has 130 valence electrons. The first-order valence-corrected chi connectivity index (χ1v) is 7.79. The van der Waals surface area contributed by atoms with Crippen LogP contribution >= 0.6 is 13.5 Å². The lowest BCUT2D eigenvalue weighted by Gasteiger charge is -2.24. The first-order chi connectivity index (χ1) is 10.2. The van der Waals surface area contributed by atoms with E-state index in [2.05, 4.69) is 4.98 Å². The molecule has 0 aliphatic carbocycles. The van der Waals surface area contributed by atoms with E-state index in [0.717, 1.165) is 30.1 Å². The minimum absolute atomic E-state index is 0. The number of likely N-dealkylation sites (tertiary alicyclic amines) is 1. The van der Waals surface area contributed by atoms with Gasteiger partial charge in [0.2, 0.25) is 0 Å². The van der Waals surface area contributed by atoms with Gasteiger partial charge in [0.15, 0.2) is 0 Å².